The van der Waals surface area contributed by atoms with E-state index in [2.05, 4.69) is 44.4 Å². The van der Waals surface area contributed by atoms with Gasteiger partial charge in [0, 0.05) is 18.0 Å². The normalized spacial score (nSPS) is 14.9. The molecule has 0 spiro atoms. The van der Waals surface area contributed by atoms with Gasteiger partial charge in [-0.25, -0.2) is 0 Å². The number of nitrogens with zero attached hydrogens (tertiary/aromatic N) is 2. The zero-order valence-corrected chi connectivity index (χ0v) is 10.5. The summed E-state index contributed by atoms with van der Waals surface area (Å²) in [6, 6.07) is 0.467. The van der Waals surface area contributed by atoms with E-state index in [1.807, 2.05) is 12.3 Å². The third-order valence-electron chi connectivity index (χ3n) is 2.39. The molecule has 86 valence electrons. The fraction of sp³-hybridized carbons (Fsp3) is 0.615. The maximum atomic E-state index is 4.50. The fourth-order valence-corrected chi connectivity index (χ4v) is 1.61. The predicted molar refractivity (Wildman–Crippen MR) is 69.4 cm³/mol. The van der Waals surface area contributed by atoms with Crippen LogP contribution >= 0.6 is 0 Å². The topological polar surface area (TPSA) is 15.6 Å². The van der Waals surface area contributed by atoms with Crippen LogP contribution in [0, 0.1) is 0 Å². The number of allylic oxidation sites excluding steroid dienone is 2. The van der Waals surface area contributed by atoms with Crippen LogP contribution in [0.2, 0.25) is 0 Å². The molecular formula is C13H24N2. The summed E-state index contributed by atoms with van der Waals surface area (Å²) in [4.78, 5) is 6.74. The van der Waals surface area contributed by atoms with E-state index in [0.717, 1.165) is 6.42 Å². The Morgan fingerprint density at radius 2 is 2.07 bits per heavy atom. The van der Waals surface area contributed by atoms with Crippen LogP contribution in [-0.4, -0.2) is 30.7 Å². The second-order valence-electron chi connectivity index (χ2n) is 3.82. The summed E-state index contributed by atoms with van der Waals surface area (Å²) < 4.78 is 0. The Kier molecular flexibility index (Phi) is 7.92. The molecular weight excluding hydrogens is 184 g/mol. The van der Waals surface area contributed by atoms with E-state index in [9.17, 15) is 0 Å². The molecule has 0 aliphatic carbocycles. The molecule has 15 heavy (non-hydrogen) atoms. The minimum absolute atomic E-state index is 0.467. The maximum Gasteiger partial charge on any atom is 0.0475 e. The summed E-state index contributed by atoms with van der Waals surface area (Å²) in [6.07, 6.45) is 8.81. The molecule has 1 unspecified atom stereocenters. The molecule has 2 heteroatoms. The first-order valence-electron chi connectivity index (χ1n) is 5.67. The van der Waals surface area contributed by atoms with Crippen LogP contribution in [0.1, 0.15) is 33.1 Å². The van der Waals surface area contributed by atoms with E-state index in [1.54, 1.807) is 6.08 Å². The second kappa shape index (κ2) is 8.42. The van der Waals surface area contributed by atoms with Gasteiger partial charge in [0.05, 0.1) is 0 Å². The van der Waals surface area contributed by atoms with Crippen LogP contribution in [0.3, 0.4) is 0 Å². The van der Waals surface area contributed by atoms with Gasteiger partial charge in [0.1, 0.15) is 0 Å². The molecule has 0 heterocycles. The van der Waals surface area contributed by atoms with Crippen molar-refractivity contribution in [1.82, 2.24) is 4.90 Å². The molecule has 0 aromatic carbocycles. The lowest BCUT2D eigenvalue weighted by Crippen LogP contribution is -2.35. The maximum absolute atomic E-state index is 4.50. The monoisotopic (exact) mass is 208 g/mol. The molecule has 0 rings (SSSR count). The van der Waals surface area contributed by atoms with Gasteiger partial charge in [0.25, 0.3) is 0 Å². The van der Waals surface area contributed by atoms with Crippen molar-refractivity contribution in [3.63, 3.8) is 0 Å². The third kappa shape index (κ3) is 5.53. The largest absolute Gasteiger partial charge is 0.301 e. The third-order valence-corrected chi connectivity index (χ3v) is 2.39. The van der Waals surface area contributed by atoms with Crippen LogP contribution in [0.25, 0.3) is 0 Å². The lowest BCUT2D eigenvalue weighted by atomic mass is 10.0. The van der Waals surface area contributed by atoms with Crippen molar-refractivity contribution in [2.24, 2.45) is 4.99 Å². The first-order chi connectivity index (χ1) is 7.17. The molecule has 0 saturated carbocycles. The molecule has 0 aromatic heterocycles. The first kappa shape index (κ1) is 14.1. The van der Waals surface area contributed by atoms with Crippen LogP contribution in [0.15, 0.2) is 29.9 Å². The quantitative estimate of drug-likeness (QED) is 0.463. The molecule has 0 radical (unpaired) electrons. The fourth-order valence-electron chi connectivity index (χ4n) is 1.61. The molecule has 0 bridgehead atoms. The van der Waals surface area contributed by atoms with Gasteiger partial charge in [0.2, 0.25) is 0 Å². The Bertz CT molecular complexity index is 227. The highest BCUT2D eigenvalue weighted by atomic mass is 15.1. The van der Waals surface area contributed by atoms with Gasteiger partial charge in [-0.05, 0) is 33.0 Å². The smallest absolute Gasteiger partial charge is 0.0475 e. The second-order valence-corrected chi connectivity index (χ2v) is 3.82. The number of hydrogen-bond donors (Lipinski definition) is 0. The van der Waals surface area contributed by atoms with Crippen molar-refractivity contribution in [2.45, 2.75) is 39.2 Å². The van der Waals surface area contributed by atoms with E-state index in [0.29, 0.717) is 6.04 Å². The van der Waals surface area contributed by atoms with Gasteiger partial charge < -0.3 is 4.90 Å². The van der Waals surface area contributed by atoms with Crippen molar-refractivity contribution in [3.05, 3.63) is 24.9 Å². The Morgan fingerprint density at radius 1 is 1.40 bits per heavy atom. The van der Waals surface area contributed by atoms with E-state index in [4.69, 9.17) is 0 Å². The van der Waals surface area contributed by atoms with Gasteiger partial charge in [0.15, 0.2) is 0 Å². The SMILES string of the molecule is C=C/C=C\N=C(CC)C(CCC)N(C)C. The van der Waals surface area contributed by atoms with Crippen molar-refractivity contribution < 1.29 is 0 Å². The summed E-state index contributed by atoms with van der Waals surface area (Å²) >= 11 is 0. The standard InChI is InChI=1S/C13H24N2/c1-6-9-11-14-12(8-3)13(10-7-2)15(4)5/h6,9,11,13H,1,7-8,10H2,2-5H3/b11-9-,14-12?. The zero-order chi connectivity index (χ0) is 11.7. The molecule has 0 aliphatic heterocycles. The van der Waals surface area contributed by atoms with E-state index >= 15 is 0 Å². The summed E-state index contributed by atoms with van der Waals surface area (Å²) in [7, 11) is 4.23. The number of hydrogen-bond acceptors (Lipinski definition) is 2. The molecule has 0 N–H and O–H groups in total. The van der Waals surface area contributed by atoms with Gasteiger partial charge in [-0.2, -0.15) is 0 Å². The Hall–Kier alpha value is -0.890. The minimum Gasteiger partial charge on any atom is -0.301 e. The predicted octanol–water partition coefficient (Wildman–Crippen LogP) is 3.27. The van der Waals surface area contributed by atoms with Gasteiger partial charge in [-0.1, -0.05) is 32.9 Å². The molecule has 0 saturated heterocycles. The first-order valence-corrected chi connectivity index (χ1v) is 5.67. The van der Waals surface area contributed by atoms with Crippen LogP contribution in [0.5, 0.6) is 0 Å². The van der Waals surface area contributed by atoms with Gasteiger partial charge in [-0.15, -0.1) is 0 Å². The highest BCUT2D eigenvalue weighted by molar-refractivity contribution is 5.89. The lowest BCUT2D eigenvalue weighted by Gasteiger charge is -2.24. The molecule has 2 nitrogen and oxygen atoms in total. The molecule has 0 aromatic rings. The Balaban J connectivity index is 4.64. The minimum atomic E-state index is 0.467. The summed E-state index contributed by atoms with van der Waals surface area (Å²) in [6.45, 7) is 8.00. The van der Waals surface area contributed by atoms with Crippen molar-refractivity contribution in [3.8, 4) is 0 Å². The lowest BCUT2D eigenvalue weighted by molar-refractivity contribution is 0.341. The zero-order valence-electron chi connectivity index (χ0n) is 10.5. The van der Waals surface area contributed by atoms with Crippen molar-refractivity contribution in [1.29, 1.82) is 0 Å². The van der Waals surface area contributed by atoms with Crippen molar-refractivity contribution >= 4 is 5.71 Å². The van der Waals surface area contributed by atoms with Gasteiger partial charge in [-0.3, -0.25) is 4.99 Å². The van der Waals surface area contributed by atoms with Crippen molar-refractivity contribution in [2.75, 3.05) is 14.1 Å². The summed E-state index contributed by atoms with van der Waals surface area (Å²) in [5, 5.41) is 0. The van der Waals surface area contributed by atoms with E-state index in [-0.39, 0.29) is 0 Å². The summed E-state index contributed by atoms with van der Waals surface area (Å²) in [5.74, 6) is 0. The number of aliphatic imine (C=N–C) groups is 1. The summed E-state index contributed by atoms with van der Waals surface area (Å²) in [5.41, 5.74) is 1.25. The number of rotatable bonds is 7. The van der Waals surface area contributed by atoms with Gasteiger partial charge >= 0.3 is 0 Å². The average molecular weight is 208 g/mol. The average Bonchev–Trinajstić information content (AvgIpc) is 2.22. The molecule has 0 amide bonds. The van der Waals surface area contributed by atoms with Crippen LogP contribution in [-0.2, 0) is 0 Å². The van der Waals surface area contributed by atoms with Crippen LogP contribution in [0.4, 0.5) is 0 Å². The highest BCUT2D eigenvalue weighted by Crippen LogP contribution is 2.08. The molecule has 1 atom stereocenters. The molecule has 0 aliphatic rings. The Labute approximate surface area is 94.4 Å². The Morgan fingerprint density at radius 3 is 2.47 bits per heavy atom. The highest BCUT2D eigenvalue weighted by Gasteiger charge is 2.15. The van der Waals surface area contributed by atoms with E-state index < -0.39 is 0 Å². The molecule has 0 fully saturated rings. The van der Waals surface area contributed by atoms with E-state index in [1.165, 1.54) is 18.6 Å². The van der Waals surface area contributed by atoms with Crippen LogP contribution < -0.4 is 0 Å².